The first-order valence-corrected chi connectivity index (χ1v) is 7.69. The van der Waals surface area contributed by atoms with Gasteiger partial charge in [-0.25, -0.2) is 0 Å². The van der Waals surface area contributed by atoms with E-state index in [1.807, 2.05) is 0 Å². The molecule has 2 heterocycles. The van der Waals surface area contributed by atoms with Crippen molar-refractivity contribution in [3.8, 4) is 5.75 Å². The maximum atomic E-state index is 11.7. The van der Waals surface area contributed by atoms with Crippen LogP contribution >= 0.6 is 11.3 Å². The second-order valence-corrected chi connectivity index (χ2v) is 6.40. The zero-order chi connectivity index (χ0) is 14.9. The van der Waals surface area contributed by atoms with Crippen molar-refractivity contribution in [3.63, 3.8) is 0 Å². The Morgan fingerprint density at radius 1 is 1.45 bits per heavy atom. The number of nitrogen functional groups attached to an aromatic ring is 1. The van der Waals surface area contributed by atoms with Crippen LogP contribution in [0.3, 0.4) is 0 Å². The van der Waals surface area contributed by atoms with E-state index in [-0.39, 0.29) is 5.78 Å². The lowest BCUT2D eigenvalue weighted by atomic mass is 10.2. The summed E-state index contributed by atoms with van der Waals surface area (Å²) in [6.45, 7) is 6.79. The zero-order valence-corrected chi connectivity index (χ0v) is 13.4. The molecule has 0 bridgehead atoms. The maximum absolute atomic E-state index is 11.7. The smallest absolute Gasteiger partial charge is 0.177 e. The molecule has 0 amide bonds. The number of methoxy groups -OCH3 is 1. The SMILES string of the molecule is COc1c(N2CCCN(C)CC2C)sc(C(C)=O)c1N. The molecule has 1 aromatic heterocycles. The summed E-state index contributed by atoms with van der Waals surface area (Å²) in [5, 5.41) is 0.984. The van der Waals surface area contributed by atoms with Crippen LogP contribution < -0.4 is 15.4 Å². The van der Waals surface area contributed by atoms with Gasteiger partial charge in [-0.15, -0.1) is 11.3 Å². The summed E-state index contributed by atoms with van der Waals surface area (Å²) in [5.41, 5.74) is 6.54. The lowest BCUT2D eigenvalue weighted by Gasteiger charge is -2.29. The first-order chi connectivity index (χ1) is 9.45. The minimum absolute atomic E-state index is 0.00311. The molecule has 0 aromatic carbocycles. The molecule has 0 saturated carbocycles. The molecule has 1 aromatic rings. The molecule has 5 nitrogen and oxygen atoms in total. The molecular formula is C14H23N3O2S. The monoisotopic (exact) mass is 297 g/mol. The number of hydrogen-bond donors (Lipinski definition) is 1. The third kappa shape index (κ3) is 2.76. The van der Waals surface area contributed by atoms with E-state index in [4.69, 9.17) is 10.5 Å². The van der Waals surface area contributed by atoms with Gasteiger partial charge in [0.2, 0.25) is 0 Å². The number of ether oxygens (including phenoxy) is 1. The van der Waals surface area contributed by atoms with Crippen LogP contribution in [0.2, 0.25) is 0 Å². The zero-order valence-electron chi connectivity index (χ0n) is 12.6. The number of carbonyl (C=O) groups is 1. The minimum atomic E-state index is -0.00311. The van der Waals surface area contributed by atoms with Gasteiger partial charge < -0.3 is 20.3 Å². The number of hydrogen-bond acceptors (Lipinski definition) is 6. The van der Waals surface area contributed by atoms with E-state index in [0.29, 0.717) is 22.4 Å². The molecule has 2 N–H and O–H groups in total. The normalized spacial score (nSPS) is 20.8. The van der Waals surface area contributed by atoms with E-state index in [1.54, 1.807) is 14.0 Å². The highest BCUT2D eigenvalue weighted by atomic mass is 32.1. The highest BCUT2D eigenvalue weighted by Crippen LogP contribution is 2.45. The van der Waals surface area contributed by atoms with Gasteiger partial charge in [0, 0.05) is 26.1 Å². The molecule has 1 atom stereocenters. The Hall–Kier alpha value is -1.27. The van der Waals surface area contributed by atoms with Crippen LogP contribution in [0.5, 0.6) is 5.75 Å². The fourth-order valence-corrected chi connectivity index (χ4v) is 3.95. The number of thiophene rings is 1. The van der Waals surface area contributed by atoms with Crippen molar-refractivity contribution in [2.45, 2.75) is 26.3 Å². The predicted molar refractivity (Wildman–Crippen MR) is 84.2 cm³/mol. The molecule has 20 heavy (non-hydrogen) atoms. The molecule has 0 radical (unpaired) electrons. The average Bonchev–Trinajstić information content (AvgIpc) is 2.61. The molecule has 0 aliphatic carbocycles. The molecule has 1 aliphatic rings. The Kier molecular flexibility index (Phi) is 4.55. The van der Waals surface area contributed by atoms with Crippen molar-refractivity contribution in [2.75, 3.05) is 44.4 Å². The number of ketones is 1. The van der Waals surface area contributed by atoms with Crippen molar-refractivity contribution in [1.82, 2.24) is 4.90 Å². The van der Waals surface area contributed by atoms with E-state index in [2.05, 4.69) is 23.8 Å². The quantitative estimate of drug-likeness (QED) is 0.866. The van der Waals surface area contributed by atoms with Crippen molar-refractivity contribution in [1.29, 1.82) is 0 Å². The number of likely N-dealkylation sites (N-methyl/N-ethyl adjacent to an activating group) is 1. The number of Topliss-reactive ketones (excluding diaryl/α,β-unsaturated/α-hetero) is 1. The molecule has 112 valence electrons. The molecule has 2 rings (SSSR count). The Bertz CT molecular complexity index is 501. The predicted octanol–water partition coefficient (Wildman–Crippen LogP) is 2.07. The molecule has 1 aliphatic heterocycles. The molecule has 1 unspecified atom stereocenters. The minimum Gasteiger partial charge on any atom is -0.492 e. The highest BCUT2D eigenvalue weighted by Gasteiger charge is 2.28. The van der Waals surface area contributed by atoms with Crippen molar-refractivity contribution in [3.05, 3.63) is 4.88 Å². The van der Waals surface area contributed by atoms with Crippen LogP contribution in [0.15, 0.2) is 0 Å². The summed E-state index contributed by atoms with van der Waals surface area (Å²) in [6, 6.07) is 0.370. The molecule has 1 saturated heterocycles. The highest BCUT2D eigenvalue weighted by molar-refractivity contribution is 7.19. The van der Waals surface area contributed by atoms with Gasteiger partial charge in [0.15, 0.2) is 11.5 Å². The number of nitrogens with two attached hydrogens (primary N) is 1. The molecular weight excluding hydrogens is 274 g/mol. The summed E-state index contributed by atoms with van der Waals surface area (Å²) in [5.74, 6) is 0.647. The Labute approximate surface area is 124 Å². The lowest BCUT2D eigenvalue weighted by Crippen LogP contribution is -2.37. The van der Waals surface area contributed by atoms with E-state index in [0.717, 1.165) is 31.1 Å². The molecule has 6 heteroatoms. The third-order valence-electron chi connectivity index (χ3n) is 3.71. The number of rotatable bonds is 3. The second-order valence-electron chi connectivity index (χ2n) is 5.40. The first kappa shape index (κ1) is 15.1. The van der Waals surface area contributed by atoms with Gasteiger partial charge in [-0.2, -0.15) is 0 Å². The van der Waals surface area contributed by atoms with Crippen molar-refractivity contribution < 1.29 is 9.53 Å². The van der Waals surface area contributed by atoms with Gasteiger partial charge in [-0.05, 0) is 26.9 Å². The molecule has 1 fully saturated rings. The largest absolute Gasteiger partial charge is 0.492 e. The summed E-state index contributed by atoms with van der Waals surface area (Å²) in [6.07, 6.45) is 1.09. The summed E-state index contributed by atoms with van der Waals surface area (Å²) in [4.78, 5) is 16.9. The Morgan fingerprint density at radius 3 is 2.75 bits per heavy atom. The van der Waals surface area contributed by atoms with Crippen LogP contribution in [-0.2, 0) is 0 Å². The standard InChI is InChI=1S/C14H23N3O2S/c1-9-8-16(3)6-5-7-17(9)14-12(19-4)11(15)13(20-14)10(2)18/h9H,5-8,15H2,1-4H3. The number of nitrogens with zero attached hydrogens (tertiary/aromatic N) is 2. The Morgan fingerprint density at radius 2 is 2.15 bits per heavy atom. The van der Waals surface area contributed by atoms with Crippen molar-refractivity contribution >= 4 is 27.8 Å². The van der Waals surface area contributed by atoms with E-state index in [1.165, 1.54) is 11.3 Å². The van der Waals surface area contributed by atoms with Crippen LogP contribution in [0.1, 0.15) is 29.9 Å². The van der Waals surface area contributed by atoms with E-state index < -0.39 is 0 Å². The third-order valence-corrected chi connectivity index (χ3v) is 5.04. The maximum Gasteiger partial charge on any atom is 0.177 e. The lowest BCUT2D eigenvalue weighted by molar-refractivity contribution is 0.102. The second kappa shape index (κ2) is 6.01. The van der Waals surface area contributed by atoms with Crippen LogP contribution in [0.4, 0.5) is 10.7 Å². The topological polar surface area (TPSA) is 58.8 Å². The van der Waals surface area contributed by atoms with Gasteiger partial charge in [0.25, 0.3) is 0 Å². The van der Waals surface area contributed by atoms with Gasteiger partial charge in [-0.3, -0.25) is 4.79 Å². The van der Waals surface area contributed by atoms with Gasteiger partial charge in [0.1, 0.15) is 5.00 Å². The van der Waals surface area contributed by atoms with E-state index in [9.17, 15) is 4.79 Å². The number of anilines is 2. The first-order valence-electron chi connectivity index (χ1n) is 6.88. The van der Waals surface area contributed by atoms with Gasteiger partial charge in [0.05, 0.1) is 17.7 Å². The van der Waals surface area contributed by atoms with Crippen LogP contribution in [0.25, 0.3) is 0 Å². The van der Waals surface area contributed by atoms with Gasteiger partial charge in [-0.1, -0.05) is 0 Å². The van der Waals surface area contributed by atoms with Crippen LogP contribution in [-0.4, -0.2) is 50.5 Å². The van der Waals surface area contributed by atoms with Crippen LogP contribution in [0, 0.1) is 0 Å². The fourth-order valence-electron chi connectivity index (χ4n) is 2.74. The Balaban J connectivity index is 2.40. The molecule has 0 spiro atoms. The summed E-state index contributed by atoms with van der Waals surface area (Å²) < 4.78 is 5.45. The summed E-state index contributed by atoms with van der Waals surface area (Å²) >= 11 is 1.45. The average molecular weight is 297 g/mol. The fraction of sp³-hybridized carbons (Fsp3) is 0.643. The van der Waals surface area contributed by atoms with E-state index >= 15 is 0 Å². The number of carbonyl (C=O) groups excluding carboxylic acids is 1. The van der Waals surface area contributed by atoms with Gasteiger partial charge >= 0.3 is 0 Å². The summed E-state index contributed by atoms with van der Waals surface area (Å²) in [7, 11) is 3.75. The van der Waals surface area contributed by atoms with Crippen molar-refractivity contribution in [2.24, 2.45) is 0 Å².